The van der Waals surface area contributed by atoms with Crippen molar-refractivity contribution in [3.8, 4) is 0 Å². The van der Waals surface area contributed by atoms with Gasteiger partial charge in [-0.25, -0.2) is 0 Å². The average Bonchev–Trinajstić information content (AvgIpc) is 2.92. The summed E-state index contributed by atoms with van der Waals surface area (Å²) in [6.45, 7) is 2.16. The molecule has 1 aliphatic rings. The van der Waals surface area contributed by atoms with Crippen LogP contribution in [0.2, 0.25) is 0 Å². The molecule has 0 unspecified atom stereocenters. The monoisotopic (exact) mass is 199 g/mol. The average molecular weight is 199 g/mol. The summed E-state index contributed by atoms with van der Waals surface area (Å²) in [6, 6.07) is 0. The van der Waals surface area contributed by atoms with Crippen molar-refractivity contribution in [2.24, 2.45) is 5.41 Å². The van der Waals surface area contributed by atoms with Crippen molar-refractivity contribution in [2.45, 2.75) is 32.6 Å². The maximum atomic E-state index is 11.2. The van der Waals surface area contributed by atoms with E-state index in [1.807, 2.05) is 0 Å². The van der Waals surface area contributed by atoms with E-state index < -0.39 is 0 Å². The fraction of sp³-hybridized carbons (Fsp3) is 0.800. The summed E-state index contributed by atoms with van der Waals surface area (Å²) in [6.07, 6.45) is 2.53. The zero-order valence-electron chi connectivity index (χ0n) is 8.51. The van der Waals surface area contributed by atoms with Crippen molar-refractivity contribution in [3.63, 3.8) is 0 Å². The number of hydrogen-bond donors (Lipinski definition) is 2. The quantitative estimate of drug-likeness (QED) is 0.644. The molecule has 1 fully saturated rings. The molecule has 4 heteroatoms. The Balaban J connectivity index is 2.12. The van der Waals surface area contributed by atoms with E-state index in [1.165, 1.54) is 6.92 Å². The Labute approximate surface area is 83.7 Å². The van der Waals surface area contributed by atoms with Crippen LogP contribution >= 0.6 is 0 Å². The van der Waals surface area contributed by atoms with Crippen molar-refractivity contribution in [3.05, 3.63) is 0 Å². The first kappa shape index (κ1) is 11.2. The Bertz CT molecular complexity index is 234. The standard InChI is InChI=1S/C10H17NO3/c1-8(13)2-3-9(14)11-6-10(7-12)4-5-10/h12H,2-7H2,1H3,(H,11,14). The van der Waals surface area contributed by atoms with Gasteiger partial charge in [-0.2, -0.15) is 0 Å². The van der Waals surface area contributed by atoms with Gasteiger partial charge in [-0.15, -0.1) is 0 Å². The van der Waals surface area contributed by atoms with Gasteiger partial charge in [-0.1, -0.05) is 0 Å². The molecule has 0 aromatic rings. The number of amides is 1. The fourth-order valence-electron chi connectivity index (χ4n) is 1.23. The van der Waals surface area contributed by atoms with Crippen LogP contribution in [-0.4, -0.2) is 29.9 Å². The highest BCUT2D eigenvalue weighted by Gasteiger charge is 2.41. The lowest BCUT2D eigenvalue weighted by molar-refractivity contribution is -0.124. The number of hydrogen-bond acceptors (Lipinski definition) is 3. The molecule has 0 aliphatic heterocycles. The molecule has 4 nitrogen and oxygen atoms in total. The van der Waals surface area contributed by atoms with Crippen molar-refractivity contribution in [2.75, 3.05) is 13.2 Å². The van der Waals surface area contributed by atoms with Gasteiger partial charge in [0.25, 0.3) is 0 Å². The van der Waals surface area contributed by atoms with Crippen LogP contribution in [-0.2, 0) is 9.59 Å². The minimum absolute atomic E-state index is 0.0310. The van der Waals surface area contributed by atoms with E-state index in [-0.39, 0.29) is 30.1 Å². The molecule has 0 saturated heterocycles. The topological polar surface area (TPSA) is 66.4 Å². The lowest BCUT2D eigenvalue weighted by atomic mass is 10.1. The van der Waals surface area contributed by atoms with Crippen molar-refractivity contribution in [1.29, 1.82) is 0 Å². The van der Waals surface area contributed by atoms with Crippen LogP contribution in [0.15, 0.2) is 0 Å². The van der Waals surface area contributed by atoms with Crippen LogP contribution in [0.4, 0.5) is 0 Å². The number of ketones is 1. The highest BCUT2D eigenvalue weighted by molar-refractivity contribution is 5.83. The van der Waals surface area contributed by atoms with E-state index in [9.17, 15) is 9.59 Å². The van der Waals surface area contributed by atoms with Crippen molar-refractivity contribution in [1.82, 2.24) is 5.32 Å². The first-order chi connectivity index (χ1) is 6.58. The number of aliphatic hydroxyl groups is 1. The van der Waals surface area contributed by atoms with Gasteiger partial charge in [0.05, 0.1) is 6.61 Å². The second-order valence-electron chi connectivity index (χ2n) is 4.14. The predicted molar refractivity (Wildman–Crippen MR) is 51.7 cm³/mol. The number of nitrogens with one attached hydrogen (secondary N) is 1. The van der Waals surface area contributed by atoms with E-state index in [0.29, 0.717) is 13.0 Å². The molecule has 0 aromatic heterocycles. The second-order valence-corrected chi connectivity index (χ2v) is 4.14. The Morgan fingerprint density at radius 3 is 2.43 bits per heavy atom. The molecular weight excluding hydrogens is 182 g/mol. The van der Waals surface area contributed by atoms with E-state index in [2.05, 4.69) is 5.32 Å². The molecule has 0 bridgehead atoms. The lowest BCUT2D eigenvalue weighted by Crippen LogP contribution is -2.31. The molecule has 1 rings (SSSR count). The number of carbonyl (C=O) groups excluding carboxylic acids is 2. The fourth-order valence-corrected chi connectivity index (χ4v) is 1.23. The van der Waals surface area contributed by atoms with Crippen molar-refractivity contribution < 1.29 is 14.7 Å². The highest BCUT2D eigenvalue weighted by Crippen LogP contribution is 2.44. The van der Waals surface area contributed by atoms with E-state index >= 15 is 0 Å². The molecule has 1 saturated carbocycles. The third kappa shape index (κ3) is 3.46. The summed E-state index contributed by atoms with van der Waals surface area (Å²) >= 11 is 0. The molecule has 2 N–H and O–H groups in total. The predicted octanol–water partition coefficient (Wildman–Crippen LogP) is 0.244. The lowest BCUT2D eigenvalue weighted by Gasteiger charge is -2.12. The zero-order chi connectivity index (χ0) is 10.6. The van der Waals surface area contributed by atoms with Gasteiger partial charge in [0.1, 0.15) is 5.78 Å². The van der Waals surface area contributed by atoms with Crippen LogP contribution < -0.4 is 5.32 Å². The molecule has 0 radical (unpaired) electrons. The van der Waals surface area contributed by atoms with Crippen LogP contribution in [0.25, 0.3) is 0 Å². The second kappa shape index (κ2) is 4.55. The van der Waals surface area contributed by atoms with Gasteiger partial charge >= 0.3 is 0 Å². The Morgan fingerprint density at radius 1 is 1.36 bits per heavy atom. The molecule has 0 heterocycles. The van der Waals surface area contributed by atoms with E-state index in [4.69, 9.17) is 5.11 Å². The number of carbonyl (C=O) groups is 2. The molecule has 0 aromatic carbocycles. The maximum Gasteiger partial charge on any atom is 0.220 e. The van der Waals surface area contributed by atoms with Gasteiger partial charge in [0.15, 0.2) is 0 Å². The molecule has 0 spiro atoms. The van der Waals surface area contributed by atoms with E-state index in [1.54, 1.807) is 0 Å². The zero-order valence-corrected chi connectivity index (χ0v) is 8.51. The molecule has 0 atom stereocenters. The molecule has 1 aliphatic carbocycles. The summed E-state index contributed by atoms with van der Waals surface area (Å²) in [5.74, 6) is -0.0663. The summed E-state index contributed by atoms with van der Waals surface area (Å²) < 4.78 is 0. The summed E-state index contributed by atoms with van der Waals surface area (Å²) in [5.41, 5.74) is -0.0497. The Morgan fingerprint density at radius 2 is 2.00 bits per heavy atom. The Kier molecular flexibility index (Phi) is 3.63. The smallest absolute Gasteiger partial charge is 0.220 e. The number of Topliss-reactive ketones (excluding diaryl/α,β-unsaturated/α-hetero) is 1. The highest BCUT2D eigenvalue weighted by atomic mass is 16.3. The van der Waals surface area contributed by atoms with Crippen LogP contribution in [0.1, 0.15) is 32.6 Å². The van der Waals surface area contributed by atoms with Gasteiger partial charge in [-0.3, -0.25) is 4.79 Å². The minimum Gasteiger partial charge on any atom is -0.396 e. The van der Waals surface area contributed by atoms with Gasteiger partial charge in [0, 0.05) is 24.8 Å². The molecule has 80 valence electrons. The number of rotatable bonds is 6. The third-order valence-electron chi connectivity index (χ3n) is 2.66. The van der Waals surface area contributed by atoms with Gasteiger partial charge in [-0.05, 0) is 19.8 Å². The number of aliphatic hydroxyl groups excluding tert-OH is 1. The SMILES string of the molecule is CC(=O)CCC(=O)NCC1(CO)CC1. The van der Waals surface area contributed by atoms with Crippen LogP contribution in [0.5, 0.6) is 0 Å². The summed E-state index contributed by atoms with van der Waals surface area (Å²) in [4.78, 5) is 21.8. The third-order valence-corrected chi connectivity index (χ3v) is 2.66. The Hall–Kier alpha value is -0.900. The summed E-state index contributed by atoms with van der Waals surface area (Å²) in [7, 11) is 0. The summed E-state index contributed by atoms with van der Waals surface area (Å²) in [5, 5.41) is 11.7. The van der Waals surface area contributed by atoms with Crippen LogP contribution in [0, 0.1) is 5.41 Å². The van der Waals surface area contributed by atoms with E-state index in [0.717, 1.165) is 12.8 Å². The maximum absolute atomic E-state index is 11.2. The first-order valence-corrected chi connectivity index (χ1v) is 4.95. The molecular formula is C10H17NO3. The van der Waals surface area contributed by atoms with Gasteiger partial charge in [0.2, 0.25) is 5.91 Å². The minimum atomic E-state index is -0.0973. The first-order valence-electron chi connectivity index (χ1n) is 4.95. The largest absolute Gasteiger partial charge is 0.396 e. The molecule has 14 heavy (non-hydrogen) atoms. The van der Waals surface area contributed by atoms with Gasteiger partial charge < -0.3 is 15.2 Å². The van der Waals surface area contributed by atoms with Crippen molar-refractivity contribution >= 4 is 11.7 Å². The normalized spacial score (nSPS) is 17.6. The van der Waals surface area contributed by atoms with Crippen LogP contribution in [0.3, 0.4) is 0 Å². The molecule has 1 amide bonds.